The maximum absolute atomic E-state index is 12.0. The third-order valence-corrected chi connectivity index (χ3v) is 3.55. The van der Waals surface area contributed by atoms with Crippen molar-refractivity contribution < 1.29 is 4.79 Å². The number of rotatable bonds is 6. The van der Waals surface area contributed by atoms with Crippen LogP contribution < -0.4 is 10.6 Å². The van der Waals surface area contributed by atoms with E-state index in [1.165, 1.54) is 12.8 Å². The fourth-order valence-corrected chi connectivity index (χ4v) is 2.53. The van der Waals surface area contributed by atoms with E-state index in [2.05, 4.69) is 29.6 Å². The van der Waals surface area contributed by atoms with E-state index in [-0.39, 0.29) is 11.8 Å². The van der Waals surface area contributed by atoms with E-state index in [1.807, 2.05) is 7.05 Å². The SMILES string of the molecule is CNC1CCCC[C@H]1C(=O)NCCCN(C)C. The molecule has 0 radical (unpaired) electrons. The second kappa shape index (κ2) is 7.67. The van der Waals surface area contributed by atoms with Crippen molar-refractivity contribution in [3.63, 3.8) is 0 Å². The maximum atomic E-state index is 12.0. The summed E-state index contributed by atoms with van der Waals surface area (Å²) in [5.41, 5.74) is 0. The Morgan fingerprint density at radius 1 is 1.29 bits per heavy atom. The van der Waals surface area contributed by atoms with Gasteiger partial charge in [0.2, 0.25) is 5.91 Å². The van der Waals surface area contributed by atoms with E-state index >= 15 is 0 Å². The molecular weight excluding hydrogens is 214 g/mol. The average molecular weight is 241 g/mol. The van der Waals surface area contributed by atoms with Crippen LogP contribution in [0.25, 0.3) is 0 Å². The summed E-state index contributed by atoms with van der Waals surface area (Å²) in [6.45, 7) is 1.82. The molecule has 2 N–H and O–H groups in total. The van der Waals surface area contributed by atoms with Crippen molar-refractivity contribution in [1.82, 2.24) is 15.5 Å². The largest absolute Gasteiger partial charge is 0.356 e. The smallest absolute Gasteiger partial charge is 0.224 e. The Balaban J connectivity index is 2.25. The van der Waals surface area contributed by atoms with Crippen LogP contribution in [-0.2, 0) is 4.79 Å². The van der Waals surface area contributed by atoms with Crippen molar-refractivity contribution in [2.75, 3.05) is 34.2 Å². The molecule has 4 nitrogen and oxygen atoms in total. The molecule has 17 heavy (non-hydrogen) atoms. The fourth-order valence-electron chi connectivity index (χ4n) is 2.53. The standard InChI is InChI=1S/C13H27N3O/c1-14-12-8-5-4-7-11(12)13(17)15-9-6-10-16(2)3/h11-12,14H,4-10H2,1-3H3,(H,15,17)/t11-,12?/m1/s1. The normalized spacial score (nSPS) is 24.9. The van der Waals surface area contributed by atoms with Crippen molar-refractivity contribution in [2.24, 2.45) is 5.92 Å². The number of amides is 1. The van der Waals surface area contributed by atoms with Crippen LogP contribution in [0.4, 0.5) is 0 Å². The lowest BCUT2D eigenvalue weighted by Crippen LogP contribution is -2.45. The van der Waals surface area contributed by atoms with Gasteiger partial charge in [-0.3, -0.25) is 4.79 Å². The predicted octanol–water partition coefficient (Wildman–Crippen LogP) is 0.833. The van der Waals surface area contributed by atoms with Crippen LogP contribution in [0.1, 0.15) is 32.1 Å². The van der Waals surface area contributed by atoms with Crippen LogP contribution in [0, 0.1) is 5.92 Å². The summed E-state index contributed by atoms with van der Waals surface area (Å²) in [6, 6.07) is 0.373. The molecule has 0 aromatic heterocycles. The highest BCUT2D eigenvalue weighted by Gasteiger charge is 2.29. The minimum absolute atomic E-state index is 0.174. The summed E-state index contributed by atoms with van der Waals surface area (Å²) < 4.78 is 0. The first-order valence-corrected chi connectivity index (χ1v) is 6.75. The average Bonchev–Trinajstić information content (AvgIpc) is 2.34. The first-order valence-electron chi connectivity index (χ1n) is 6.75. The fraction of sp³-hybridized carbons (Fsp3) is 0.923. The molecule has 0 bridgehead atoms. The molecule has 0 saturated heterocycles. The molecule has 0 heterocycles. The number of hydrogen-bond acceptors (Lipinski definition) is 3. The molecule has 2 atom stereocenters. The Kier molecular flexibility index (Phi) is 6.52. The second-order valence-corrected chi connectivity index (χ2v) is 5.23. The molecule has 4 heteroatoms. The molecule has 100 valence electrons. The number of carbonyl (C=O) groups excluding carboxylic acids is 1. The highest BCUT2D eigenvalue weighted by atomic mass is 16.1. The summed E-state index contributed by atoms with van der Waals surface area (Å²) in [7, 11) is 6.07. The molecule has 1 unspecified atom stereocenters. The molecule has 1 aliphatic carbocycles. The number of nitrogens with one attached hydrogen (secondary N) is 2. The van der Waals surface area contributed by atoms with Crippen LogP contribution in [0.5, 0.6) is 0 Å². The van der Waals surface area contributed by atoms with E-state index in [1.54, 1.807) is 0 Å². The topological polar surface area (TPSA) is 44.4 Å². The minimum Gasteiger partial charge on any atom is -0.356 e. The van der Waals surface area contributed by atoms with Crippen molar-refractivity contribution in [3.05, 3.63) is 0 Å². The summed E-state index contributed by atoms with van der Waals surface area (Å²) >= 11 is 0. The van der Waals surface area contributed by atoms with Gasteiger partial charge in [0.15, 0.2) is 0 Å². The zero-order valence-electron chi connectivity index (χ0n) is 11.5. The van der Waals surface area contributed by atoms with Crippen LogP contribution in [-0.4, -0.2) is 51.1 Å². The van der Waals surface area contributed by atoms with Gasteiger partial charge in [-0.1, -0.05) is 12.8 Å². The number of nitrogens with zero attached hydrogens (tertiary/aromatic N) is 1. The van der Waals surface area contributed by atoms with Crippen LogP contribution in [0.2, 0.25) is 0 Å². The van der Waals surface area contributed by atoms with Crippen molar-refractivity contribution in [1.29, 1.82) is 0 Å². The molecular formula is C13H27N3O. The second-order valence-electron chi connectivity index (χ2n) is 5.23. The van der Waals surface area contributed by atoms with Crippen LogP contribution >= 0.6 is 0 Å². The van der Waals surface area contributed by atoms with E-state index in [9.17, 15) is 4.79 Å². The lowest BCUT2D eigenvalue weighted by Gasteiger charge is -2.30. The lowest BCUT2D eigenvalue weighted by atomic mass is 9.84. The van der Waals surface area contributed by atoms with Gasteiger partial charge in [-0.15, -0.1) is 0 Å². The zero-order valence-corrected chi connectivity index (χ0v) is 11.5. The van der Waals surface area contributed by atoms with E-state index in [0.717, 1.165) is 32.4 Å². The molecule has 1 amide bonds. The van der Waals surface area contributed by atoms with Gasteiger partial charge in [0, 0.05) is 12.6 Å². The molecule has 1 rings (SSSR count). The van der Waals surface area contributed by atoms with Crippen molar-refractivity contribution in [3.8, 4) is 0 Å². The van der Waals surface area contributed by atoms with Gasteiger partial charge in [-0.2, -0.15) is 0 Å². The van der Waals surface area contributed by atoms with E-state index in [0.29, 0.717) is 6.04 Å². The highest BCUT2D eigenvalue weighted by molar-refractivity contribution is 5.79. The summed E-state index contributed by atoms with van der Waals surface area (Å²) in [4.78, 5) is 14.2. The summed E-state index contributed by atoms with van der Waals surface area (Å²) in [6.07, 6.45) is 5.62. The molecule has 1 aliphatic rings. The quantitative estimate of drug-likeness (QED) is 0.677. The molecule has 1 fully saturated rings. The van der Waals surface area contributed by atoms with E-state index in [4.69, 9.17) is 0 Å². The Morgan fingerprint density at radius 2 is 2.00 bits per heavy atom. The Bertz CT molecular complexity index is 231. The molecule has 0 aromatic carbocycles. The van der Waals surface area contributed by atoms with Crippen LogP contribution in [0.3, 0.4) is 0 Å². The van der Waals surface area contributed by atoms with Gasteiger partial charge in [0.05, 0.1) is 5.92 Å². The van der Waals surface area contributed by atoms with Gasteiger partial charge in [-0.05, 0) is 47.0 Å². The summed E-state index contributed by atoms with van der Waals surface area (Å²) in [5.74, 6) is 0.413. The Labute approximate surface area is 105 Å². The number of hydrogen-bond donors (Lipinski definition) is 2. The Hall–Kier alpha value is -0.610. The lowest BCUT2D eigenvalue weighted by molar-refractivity contribution is -0.126. The maximum Gasteiger partial charge on any atom is 0.224 e. The van der Waals surface area contributed by atoms with Gasteiger partial charge in [0.1, 0.15) is 0 Å². The Morgan fingerprint density at radius 3 is 2.65 bits per heavy atom. The zero-order chi connectivity index (χ0) is 12.7. The van der Waals surface area contributed by atoms with Gasteiger partial charge >= 0.3 is 0 Å². The third-order valence-electron chi connectivity index (χ3n) is 3.55. The third kappa shape index (κ3) is 5.04. The molecule has 0 aromatic rings. The van der Waals surface area contributed by atoms with Gasteiger partial charge in [-0.25, -0.2) is 0 Å². The van der Waals surface area contributed by atoms with Gasteiger partial charge < -0.3 is 15.5 Å². The van der Waals surface area contributed by atoms with Crippen molar-refractivity contribution in [2.45, 2.75) is 38.1 Å². The van der Waals surface area contributed by atoms with Gasteiger partial charge in [0.25, 0.3) is 0 Å². The molecule has 1 saturated carbocycles. The predicted molar refractivity (Wildman–Crippen MR) is 71.0 cm³/mol. The first-order chi connectivity index (χ1) is 8.15. The molecule has 0 spiro atoms. The highest BCUT2D eigenvalue weighted by Crippen LogP contribution is 2.24. The minimum atomic E-state index is 0.174. The first kappa shape index (κ1) is 14.5. The summed E-state index contributed by atoms with van der Waals surface area (Å²) in [5, 5.41) is 6.34. The van der Waals surface area contributed by atoms with Crippen molar-refractivity contribution >= 4 is 5.91 Å². The number of carbonyl (C=O) groups is 1. The van der Waals surface area contributed by atoms with E-state index < -0.39 is 0 Å². The van der Waals surface area contributed by atoms with Crippen LogP contribution in [0.15, 0.2) is 0 Å². The molecule has 0 aliphatic heterocycles. The monoisotopic (exact) mass is 241 g/mol.